The van der Waals surface area contributed by atoms with Crippen LogP contribution in [-0.2, 0) is 0 Å². The van der Waals surface area contributed by atoms with E-state index >= 15 is 0 Å². The maximum Gasteiger partial charge on any atom is 0.262 e. The molecule has 2 heterocycles. The van der Waals surface area contributed by atoms with Crippen molar-refractivity contribution in [3.63, 3.8) is 0 Å². The molecule has 2 aliphatic heterocycles. The predicted octanol–water partition coefficient (Wildman–Crippen LogP) is 4.37. The highest BCUT2D eigenvalue weighted by Gasteiger charge is 2.34. The fraction of sp³-hybridized carbons (Fsp3) is 0.136. The van der Waals surface area contributed by atoms with Gasteiger partial charge < -0.3 is 14.8 Å². The zero-order valence-electron chi connectivity index (χ0n) is 14.9. The molecule has 3 aromatic rings. The Kier molecular flexibility index (Phi) is 3.90. The third kappa shape index (κ3) is 2.74. The standard InChI is InChI=1S/C22H17FN2O3/c23-15-5-3-4-14(12-15)21-24-18-7-2-1-6-17(18)22(26)25(21)16-8-9-19-20(13-16)28-11-10-27-19/h1-9,12-13,21,24H,10-11H2. The summed E-state index contributed by atoms with van der Waals surface area (Å²) in [5, 5.41) is 3.37. The third-order valence-corrected chi connectivity index (χ3v) is 4.90. The van der Waals surface area contributed by atoms with Crippen molar-refractivity contribution < 1.29 is 18.7 Å². The third-order valence-electron chi connectivity index (χ3n) is 4.90. The molecule has 0 fully saturated rings. The Bertz CT molecular complexity index is 1070. The number of rotatable bonds is 2. The number of halogens is 1. The van der Waals surface area contributed by atoms with Crippen LogP contribution in [0.3, 0.4) is 0 Å². The summed E-state index contributed by atoms with van der Waals surface area (Å²) in [6.07, 6.45) is -0.555. The molecule has 3 aromatic carbocycles. The Hall–Kier alpha value is -3.54. The van der Waals surface area contributed by atoms with Crippen LogP contribution >= 0.6 is 0 Å². The van der Waals surface area contributed by atoms with Gasteiger partial charge in [0.2, 0.25) is 0 Å². The monoisotopic (exact) mass is 376 g/mol. The highest BCUT2D eigenvalue weighted by molar-refractivity contribution is 6.12. The fourth-order valence-corrected chi connectivity index (χ4v) is 3.61. The number of carbonyl (C=O) groups is 1. The lowest BCUT2D eigenvalue weighted by molar-refractivity contribution is 0.0974. The maximum absolute atomic E-state index is 13.9. The number of amides is 1. The molecule has 28 heavy (non-hydrogen) atoms. The molecule has 0 saturated heterocycles. The SMILES string of the molecule is O=C1c2ccccc2NC(c2cccc(F)c2)N1c1ccc2c(c1)OCCO2. The first-order chi connectivity index (χ1) is 13.7. The molecule has 1 N–H and O–H groups in total. The van der Waals surface area contributed by atoms with Crippen molar-refractivity contribution in [3.8, 4) is 11.5 Å². The molecule has 0 spiro atoms. The minimum atomic E-state index is -0.555. The van der Waals surface area contributed by atoms with Gasteiger partial charge in [0.15, 0.2) is 11.5 Å². The second kappa shape index (κ2) is 6.56. The van der Waals surface area contributed by atoms with E-state index in [4.69, 9.17) is 9.47 Å². The van der Waals surface area contributed by atoms with Gasteiger partial charge in [-0.2, -0.15) is 0 Å². The number of carbonyl (C=O) groups excluding carboxylic acids is 1. The number of ether oxygens (including phenoxy) is 2. The smallest absolute Gasteiger partial charge is 0.262 e. The van der Waals surface area contributed by atoms with E-state index in [2.05, 4.69) is 5.32 Å². The first kappa shape index (κ1) is 16.6. The Morgan fingerprint density at radius 2 is 1.75 bits per heavy atom. The molecule has 0 bridgehead atoms. The summed E-state index contributed by atoms with van der Waals surface area (Å²) in [5.74, 6) is 0.719. The van der Waals surface area contributed by atoms with E-state index in [0.717, 1.165) is 5.69 Å². The Labute approximate surface area is 161 Å². The van der Waals surface area contributed by atoms with Crippen LogP contribution in [0.25, 0.3) is 0 Å². The molecular weight excluding hydrogens is 359 g/mol. The van der Waals surface area contributed by atoms with E-state index in [0.29, 0.717) is 41.5 Å². The first-order valence-corrected chi connectivity index (χ1v) is 9.05. The van der Waals surface area contributed by atoms with Gasteiger partial charge in [-0.05, 0) is 42.0 Å². The van der Waals surface area contributed by atoms with Gasteiger partial charge in [-0.25, -0.2) is 4.39 Å². The fourth-order valence-electron chi connectivity index (χ4n) is 3.61. The van der Waals surface area contributed by atoms with Crippen LogP contribution < -0.4 is 19.7 Å². The van der Waals surface area contributed by atoms with Gasteiger partial charge in [0, 0.05) is 11.8 Å². The number of para-hydroxylation sites is 1. The summed E-state index contributed by atoms with van der Waals surface area (Å²) in [5.41, 5.74) is 2.57. The molecule has 6 heteroatoms. The van der Waals surface area contributed by atoms with Crippen molar-refractivity contribution in [3.05, 3.63) is 83.7 Å². The number of anilines is 2. The number of hydrogen-bond acceptors (Lipinski definition) is 4. The topological polar surface area (TPSA) is 50.8 Å². The molecule has 0 radical (unpaired) electrons. The molecule has 140 valence electrons. The van der Waals surface area contributed by atoms with E-state index in [-0.39, 0.29) is 11.7 Å². The van der Waals surface area contributed by atoms with Crippen LogP contribution in [0.5, 0.6) is 11.5 Å². The van der Waals surface area contributed by atoms with Gasteiger partial charge in [-0.3, -0.25) is 9.69 Å². The summed E-state index contributed by atoms with van der Waals surface area (Å²) >= 11 is 0. The summed E-state index contributed by atoms with van der Waals surface area (Å²) in [6, 6.07) is 19.0. The van der Waals surface area contributed by atoms with Gasteiger partial charge in [0.05, 0.1) is 11.3 Å². The molecular formula is C22H17FN2O3. The number of benzene rings is 3. The van der Waals surface area contributed by atoms with Gasteiger partial charge in [0.25, 0.3) is 5.91 Å². The van der Waals surface area contributed by atoms with Gasteiger partial charge >= 0.3 is 0 Å². The Balaban J connectivity index is 1.64. The lowest BCUT2D eigenvalue weighted by Crippen LogP contribution is -2.43. The van der Waals surface area contributed by atoms with Crippen molar-refractivity contribution >= 4 is 17.3 Å². The van der Waals surface area contributed by atoms with E-state index in [9.17, 15) is 9.18 Å². The Morgan fingerprint density at radius 1 is 0.929 bits per heavy atom. The second-order valence-corrected chi connectivity index (χ2v) is 6.65. The summed E-state index contributed by atoms with van der Waals surface area (Å²) in [4.78, 5) is 15.0. The molecule has 2 aliphatic rings. The quantitative estimate of drug-likeness (QED) is 0.722. The van der Waals surface area contributed by atoms with Crippen molar-refractivity contribution in [1.29, 1.82) is 0 Å². The Morgan fingerprint density at radius 3 is 2.61 bits per heavy atom. The number of fused-ring (bicyclic) bond motifs is 2. The molecule has 0 saturated carbocycles. The predicted molar refractivity (Wildman–Crippen MR) is 103 cm³/mol. The zero-order valence-corrected chi connectivity index (χ0v) is 14.9. The van der Waals surface area contributed by atoms with Crippen molar-refractivity contribution in [1.82, 2.24) is 0 Å². The molecule has 0 aromatic heterocycles. The largest absolute Gasteiger partial charge is 0.486 e. The summed E-state index contributed by atoms with van der Waals surface area (Å²) < 4.78 is 25.2. The van der Waals surface area contributed by atoms with Crippen LogP contribution in [0, 0.1) is 5.82 Å². The molecule has 0 aliphatic carbocycles. The van der Waals surface area contributed by atoms with Crippen LogP contribution in [0.4, 0.5) is 15.8 Å². The highest BCUT2D eigenvalue weighted by Crippen LogP contribution is 2.40. The van der Waals surface area contributed by atoms with Crippen LogP contribution in [0.1, 0.15) is 22.1 Å². The molecule has 1 amide bonds. The average molecular weight is 376 g/mol. The number of hydrogen-bond donors (Lipinski definition) is 1. The average Bonchev–Trinajstić information content (AvgIpc) is 2.73. The normalized spacial score (nSPS) is 17.7. The van der Waals surface area contributed by atoms with Gasteiger partial charge in [0.1, 0.15) is 25.2 Å². The first-order valence-electron chi connectivity index (χ1n) is 9.05. The van der Waals surface area contributed by atoms with Crippen LogP contribution in [-0.4, -0.2) is 19.1 Å². The second-order valence-electron chi connectivity index (χ2n) is 6.65. The van der Waals surface area contributed by atoms with Crippen molar-refractivity contribution in [2.75, 3.05) is 23.4 Å². The number of nitrogens with one attached hydrogen (secondary N) is 1. The van der Waals surface area contributed by atoms with E-state index in [1.54, 1.807) is 35.2 Å². The lowest BCUT2D eigenvalue weighted by atomic mass is 10.0. The van der Waals surface area contributed by atoms with E-state index in [1.807, 2.05) is 24.3 Å². The van der Waals surface area contributed by atoms with Crippen molar-refractivity contribution in [2.24, 2.45) is 0 Å². The van der Waals surface area contributed by atoms with Gasteiger partial charge in [-0.15, -0.1) is 0 Å². The molecule has 1 unspecified atom stereocenters. The van der Waals surface area contributed by atoms with Crippen LogP contribution in [0.2, 0.25) is 0 Å². The van der Waals surface area contributed by atoms with E-state index < -0.39 is 6.17 Å². The zero-order chi connectivity index (χ0) is 19.1. The van der Waals surface area contributed by atoms with Crippen molar-refractivity contribution in [2.45, 2.75) is 6.17 Å². The van der Waals surface area contributed by atoms with Gasteiger partial charge in [-0.1, -0.05) is 24.3 Å². The maximum atomic E-state index is 13.9. The molecule has 5 nitrogen and oxygen atoms in total. The molecule has 1 atom stereocenters. The summed E-state index contributed by atoms with van der Waals surface area (Å²) in [7, 11) is 0. The molecule has 5 rings (SSSR count). The minimum absolute atomic E-state index is 0.166. The number of nitrogens with zero attached hydrogens (tertiary/aromatic N) is 1. The van der Waals surface area contributed by atoms with E-state index in [1.165, 1.54) is 12.1 Å². The highest BCUT2D eigenvalue weighted by atomic mass is 19.1. The minimum Gasteiger partial charge on any atom is -0.486 e. The summed E-state index contributed by atoms with van der Waals surface area (Å²) in [6.45, 7) is 0.953. The van der Waals surface area contributed by atoms with Crippen LogP contribution in [0.15, 0.2) is 66.7 Å². The lowest BCUT2D eigenvalue weighted by Gasteiger charge is -2.38.